The van der Waals surface area contributed by atoms with Gasteiger partial charge >= 0.3 is 0 Å². The largest absolute Gasteiger partial charge is 0.496 e. The minimum absolute atomic E-state index is 0.129. The van der Waals surface area contributed by atoms with Crippen molar-refractivity contribution in [2.24, 2.45) is 5.16 Å². The zero-order valence-electron chi connectivity index (χ0n) is 15.4. The molecule has 1 aliphatic heterocycles. The molecule has 1 aromatic carbocycles. The van der Waals surface area contributed by atoms with Crippen LogP contribution in [0.5, 0.6) is 5.75 Å². The van der Waals surface area contributed by atoms with Crippen molar-refractivity contribution >= 4 is 17.4 Å². The molecule has 0 fully saturated rings. The Balaban J connectivity index is 1.85. The molecule has 1 amide bonds. The SMILES string of the molecule is CCC(=O)CCCNC(=O)CC1CC(c2c(F)cc(C)cc2OC)=NO1. The number of methoxy groups -OCH3 is 1. The quantitative estimate of drug-likeness (QED) is 0.684. The van der Waals surface area contributed by atoms with Gasteiger partial charge < -0.3 is 14.9 Å². The molecule has 0 radical (unpaired) electrons. The monoisotopic (exact) mass is 364 g/mol. The van der Waals surface area contributed by atoms with Crippen LogP contribution >= 0.6 is 0 Å². The second kappa shape index (κ2) is 9.31. The van der Waals surface area contributed by atoms with Gasteiger partial charge in [-0.05, 0) is 31.0 Å². The van der Waals surface area contributed by atoms with Crippen LogP contribution in [0.4, 0.5) is 4.39 Å². The summed E-state index contributed by atoms with van der Waals surface area (Å²) in [5.74, 6) is -0.0114. The normalized spacial score (nSPS) is 16.0. The van der Waals surface area contributed by atoms with Gasteiger partial charge in [0.2, 0.25) is 5.91 Å². The number of nitrogens with one attached hydrogen (secondary N) is 1. The van der Waals surface area contributed by atoms with E-state index in [1.807, 2.05) is 6.92 Å². The molecule has 0 aromatic heterocycles. The second-order valence-electron chi connectivity index (χ2n) is 6.34. The molecule has 2 rings (SSSR count). The fourth-order valence-corrected chi connectivity index (χ4v) is 2.81. The number of carbonyl (C=O) groups is 2. The highest BCUT2D eigenvalue weighted by Gasteiger charge is 2.28. The number of benzene rings is 1. The van der Waals surface area contributed by atoms with Crippen molar-refractivity contribution in [2.75, 3.05) is 13.7 Å². The molecule has 1 atom stereocenters. The van der Waals surface area contributed by atoms with E-state index >= 15 is 0 Å². The molecular weight excluding hydrogens is 339 g/mol. The van der Waals surface area contributed by atoms with E-state index < -0.39 is 11.9 Å². The number of nitrogens with zero attached hydrogens (tertiary/aromatic N) is 1. The summed E-state index contributed by atoms with van der Waals surface area (Å²) in [6, 6.07) is 3.15. The average Bonchev–Trinajstić information content (AvgIpc) is 3.05. The maximum absolute atomic E-state index is 14.3. The van der Waals surface area contributed by atoms with Gasteiger partial charge in [0.05, 0.1) is 24.8 Å². The van der Waals surface area contributed by atoms with Gasteiger partial charge in [-0.1, -0.05) is 12.1 Å². The van der Waals surface area contributed by atoms with Gasteiger partial charge in [-0.2, -0.15) is 0 Å². The number of amides is 1. The third-order valence-electron chi connectivity index (χ3n) is 4.20. The van der Waals surface area contributed by atoms with Gasteiger partial charge in [-0.25, -0.2) is 4.39 Å². The van der Waals surface area contributed by atoms with Crippen molar-refractivity contribution in [1.82, 2.24) is 5.32 Å². The predicted molar refractivity (Wildman–Crippen MR) is 95.9 cm³/mol. The standard InChI is InChI=1S/C19H25FN2O4/c1-4-13(23)6-5-7-21-18(24)11-14-10-16(22-26-14)19-15(20)8-12(2)9-17(19)25-3/h8-9,14H,4-7,10-11H2,1-3H3,(H,21,24). The number of ether oxygens (including phenoxy) is 1. The smallest absolute Gasteiger partial charge is 0.223 e. The molecule has 0 saturated heterocycles. The third kappa shape index (κ3) is 5.28. The summed E-state index contributed by atoms with van der Waals surface area (Å²) >= 11 is 0. The first-order chi connectivity index (χ1) is 12.4. The highest BCUT2D eigenvalue weighted by molar-refractivity contribution is 6.04. The second-order valence-corrected chi connectivity index (χ2v) is 6.34. The first-order valence-corrected chi connectivity index (χ1v) is 8.80. The van der Waals surface area contributed by atoms with Crippen LogP contribution < -0.4 is 10.1 Å². The maximum Gasteiger partial charge on any atom is 0.223 e. The first kappa shape index (κ1) is 19.9. The molecule has 0 saturated carbocycles. The van der Waals surface area contributed by atoms with Crippen LogP contribution in [0.2, 0.25) is 0 Å². The Morgan fingerprint density at radius 1 is 1.42 bits per heavy atom. The van der Waals surface area contributed by atoms with E-state index in [1.165, 1.54) is 13.2 Å². The van der Waals surface area contributed by atoms with E-state index in [0.717, 1.165) is 5.56 Å². The Labute approximate surface area is 152 Å². The fourth-order valence-electron chi connectivity index (χ4n) is 2.81. The molecule has 6 nitrogen and oxygen atoms in total. The van der Waals surface area contributed by atoms with Crippen LogP contribution in [0.1, 0.15) is 50.2 Å². The summed E-state index contributed by atoms with van der Waals surface area (Å²) in [4.78, 5) is 28.5. The number of hydrogen-bond acceptors (Lipinski definition) is 5. The Hall–Kier alpha value is -2.44. The minimum atomic E-state index is -0.437. The van der Waals surface area contributed by atoms with Gasteiger partial charge in [0, 0.05) is 25.8 Å². The van der Waals surface area contributed by atoms with E-state index in [4.69, 9.17) is 9.57 Å². The van der Waals surface area contributed by atoms with Crippen molar-refractivity contribution in [3.63, 3.8) is 0 Å². The number of oxime groups is 1. The van der Waals surface area contributed by atoms with Crippen LogP contribution in [0.3, 0.4) is 0 Å². The lowest BCUT2D eigenvalue weighted by Crippen LogP contribution is -2.28. The van der Waals surface area contributed by atoms with E-state index in [1.54, 1.807) is 13.0 Å². The highest BCUT2D eigenvalue weighted by atomic mass is 19.1. The molecule has 1 heterocycles. The van der Waals surface area contributed by atoms with E-state index in [9.17, 15) is 14.0 Å². The highest BCUT2D eigenvalue weighted by Crippen LogP contribution is 2.29. The van der Waals surface area contributed by atoms with Crippen molar-refractivity contribution in [1.29, 1.82) is 0 Å². The average molecular weight is 364 g/mol. The van der Waals surface area contributed by atoms with Crippen LogP contribution in [-0.4, -0.2) is 37.2 Å². The summed E-state index contributed by atoms with van der Waals surface area (Å²) in [6.07, 6.45) is 1.63. The molecule has 0 aliphatic carbocycles. The zero-order chi connectivity index (χ0) is 19.1. The fraction of sp³-hybridized carbons (Fsp3) is 0.526. The predicted octanol–water partition coefficient (Wildman–Crippen LogP) is 2.90. The van der Waals surface area contributed by atoms with Crippen molar-refractivity contribution < 1.29 is 23.6 Å². The molecule has 1 unspecified atom stereocenters. The maximum atomic E-state index is 14.3. The minimum Gasteiger partial charge on any atom is -0.496 e. The number of carbonyl (C=O) groups excluding carboxylic acids is 2. The van der Waals surface area contributed by atoms with Crippen LogP contribution in [0.25, 0.3) is 0 Å². The Kier molecular flexibility index (Phi) is 7.12. The van der Waals surface area contributed by atoms with E-state index in [2.05, 4.69) is 10.5 Å². The van der Waals surface area contributed by atoms with Crippen molar-refractivity contribution in [3.05, 3.63) is 29.1 Å². The van der Waals surface area contributed by atoms with E-state index in [0.29, 0.717) is 43.7 Å². The Bertz CT molecular complexity index is 703. The molecular formula is C19H25FN2O4. The van der Waals surface area contributed by atoms with Gasteiger partial charge in [0.1, 0.15) is 23.5 Å². The van der Waals surface area contributed by atoms with Crippen LogP contribution in [0, 0.1) is 12.7 Å². The lowest BCUT2D eigenvalue weighted by atomic mass is 10.0. The summed E-state index contributed by atoms with van der Waals surface area (Å²) in [5.41, 5.74) is 1.46. The number of aryl methyl sites for hydroxylation is 1. The molecule has 1 aromatic rings. The molecule has 142 valence electrons. The number of ketones is 1. The number of hydrogen-bond donors (Lipinski definition) is 1. The molecule has 7 heteroatoms. The van der Waals surface area contributed by atoms with Crippen LogP contribution in [0.15, 0.2) is 17.3 Å². The Morgan fingerprint density at radius 2 is 2.19 bits per heavy atom. The lowest BCUT2D eigenvalue weighted by Gasteiger charge is -2.11. The zero-order valence-corrected chi connectivity index (χ0v) is 15.4. The lowest BCUT2D eigenvalue weighted by molar-refractivity contribution is -0.124. The summed E-state index contributed by atoms with van der Waals surface area (Å²) in [7, 11) is 1.47. The Morgan fingerprint density at radius 3 is 2.88 bits per heavy atom. The number of halogens is 1. The summed E-state index contributed by atoms with van der Waals surface area (Å²) < 4.78 is 19.6. The van der Waals surface area contributed by atoms with E-state index in [-0.39, 0.29) is 23.7 Å². The summed E-state index contributed by atoms with van der Waals surface area (Å²) in [6.45, 7) is 4.05. The third-order valence-corrected chi connectivity index (χ3v) is 4.20. The number of Topliss-reactive ketones (excluding diaryl/α,β-unsaturated/α-hetero) is 1. The molecule has 1 aliphatic rings. The van der Waals surface area contributed by atoms with Gasteiger partial charge in [0.25, 0.3) is 0 Å². The molecule has 0 spiro atoms. The number of rotatable bonds is 9. The molecule has 0 bridgehead atoms. The van der Waals surface area contributed by atoms with Gasteiger partial charge in [0.15, 0.2) is 0 Å². The van der Waals surface area contributed by atoms with Crippen LogP contribution in [-0.2, 0) is 14.4 Å². The van der Waals surface area contributed by atoms with Gasteiger partial charge in [-0.3, -0.25) is 9.59 Å². The van der Waals surface area contributed by atoms with Crippen molar-refractivity contribution in [2.45, 2.75) is 52.1 Å². The first-order valence-electron chi connectivity index (χ1n) is 8.80. The summed E-state index contributed by atoms with van der Waals surface area (Å²) in [5, 5.41) is 6.71. The van der Waals surface area contributed by atoms with Crippen molar-refractivity contribution in [3.8, 4) is 5.75 Å². The molecule has 26 heavy (non-hydrogen) atoms. The molecule has 1 N–H and O–H groups in total. The van der Waals surface area contributed by atoms with Gasteiger partial charge in [-0.15, -0.1) is 0 Å². The topological polar surface area (TPSA) is 77.0 Å².